The molecule has 2 amide bonds. The standard InChI is InChI=1S/C12H14N2O4/c1-8(15)6-11(16)13-9-4-3-5-10(7-9)14-12(17)18-2/h3-5,7H,6H2,1-2H3,(H,13,16)(H,14,17). The van der Waals surface area contributed by atoms with Crippen molar-refractivity contribution in [3.63, 3.8) is 0 Å². The molecule has 0 saturated heterocycles. The molecule has 2 N–H and O–H groups in total. The molecule has 6 nitrogen and oxygen atoms in total. The predicted octanol–water partition coefficient (Wildman–Crippen LogP) is 1.78. The van der Waals surface area contributed by atoms with Crippen LogP contribution in [-0.4, -0.2) is 24.9 Å². The molecule has 0 saturated carbocycles. The minimum atomic E-state index is -0.595. The van der Waals surface area contributed by atoms with E-state index in [9.17, 15) is 14.4 Å². The first-order valence-corrected chi connectivity index (χ1v) is 5.25. The van der Waals surface area contributed by atoms with Gasteiger partial charge in [-0.05, 0) is 25.1 Å². The van der Waals surface area contributed by atoms with E-state index in [1.165, 1.54) is 14.0 Å². The lowest BCUT2D eigenvalue weighted by molar-refractivity contribution is -0.124. The first kappa shape index (κ1) is 13.7. The van der Waals surface area contributed by atoms with Crippen molar-refractivity contribution in [2.24, 2.45) is 0 Å². The van der Waals surface area contributed by atoms with Gasteiger partial charge in [-0.1, -0.05) is 6.07 Å². The van der Waals surface area contributed by atoms with E-state index >= 15 is 0 Å². The summed E-state index contributed by atoms with van der Waals surface area (Å²) >= 11 is 0. The highest BCUT2D eigenvalue weighted by molar-refractivity contribution is 6.03. The normalized spacial score (nSPS) is 9.44. The smallest absolute Gasteiger partial charge is 0.411 e. The summed E-state index contributed by atoms with van der Waals surface area (Å²) < 4.78 is 4.45. The highest BCUT2D eigenvalue weighted by atomic mass is 16.5. The Morgan fingerprint density at radius 1 is 1.17 bits per heavy atom. The molecule has 0 bridgehead atoms. The molecule has 0 aliphatic heterocycles. The van der Waals surface area contributed by atoms with Crippen LogP contribution in [0.1, 0.15) is 13.3 Å². The minimum absolute atomic E-state index is 0.172. The van der Waals surface area contributed by atoms with Crippen LogP contribution in [0.5, 0.6) is 0 Å². The summed E-state index contributed by atoms with van der Waals surface area (Å²) in [5.74, 6) is -0.603. The van der Waals surface area contributed by atoms with Crippen molar-refractivity contribution in [2.45, 2.75) is 13.3 Å². The molecule has 0 aliphatic rings. The fourth-order valence-electron chi connectivity index (χ4n) is 1.27. The van der Waals surface area contributed by atoms with E-state index in [-0.39, 0.29) is 12.2 Å². The van der Waals surface area contributed by atoms with Crippen LogP contribution < -0.4 is 10.6 Å². The number of hydrogen-bond acceptors (Lipinski definition) is 4. The van der Waals surface area contributed by atoms with Crippen LogP contribution >= 0.6 is 0 Å². The Hall–Kier alpha value is -2.37. The molecule has 0 aromatic heterocycles. The second-order valence-corrected chi connectivity index (χ2v) is 3.62. The molecule has 1 aromatic rings. The zero-order chi connectivity index (χ0) is 13.5. The summed E-state index contributed by atoms with van der Waals surface area (Å²) in [6.45, 7) is 1.34. The molecule has 0 unspecified atom stereocenters. The zero-order valence-corrected chi connectivity index (χ0v) is 10.1. The molecule has 0 radical (unpaired) electrons. The number of amides is 2. The van der Waals surface area contributed by atoms with E-state index in [0.29, 0.717) is 11.4 Å². The topological polar surface area (TPSA) is 84.5 Å². The number of hydrogen-bond donors (Lipinski definition) is 2. The summed E-state index contributed by atoms with van der Waals surface area (Å²) in [4.78, 5) is 33.1. The first-order valence-electron chi connectivity index (χ1n) is 5.25. The average molecular weight is 250 g/mol. The maximum absolute atomic E-state index is 11.4. The molecule has 0 atom stereocenters. The molecule has 0 aliphatic carbocycles. The van der Waals surface area contributed by atoms with Crippen molar-refractivity contribution in [1.29, 1.82) is 0 Å². The fraction of sp³-hybridized carbons (Fsp3) is 0.250. The van der Waals surface area contributed by atoms with E-state index in [1.807, 2.05) is 0 Å². The molecular weight excluding hydrogens is 236 g/mol. The maximum atomic E-state index is 11.4. The van der Waals surface area contributed by atoms with E-state index in [0.717, 1.165) is 0 Å². The number of benzene rings is 1. The molecule has 0 spiro atoms. The Balaban J connectivity index is 2.67. The highest BCUT2D eigenvalue weighted by Crippen LogP contribution is 2.15. The number of ketones is 1. The van der Waals surface area contributed by atoms with Crippen molar-refractivity contribution in [2.75, 3.05) is 17.7 Å². The Kier molecular flexibility index (Phi) is 4.86. The molecule has 18 heavy (non-hydrogen) atoms. The van der Waals surface area contributed by atoms with Gasteiger partial charge in [0.2, 0.25) is 5.91 Å². The van der Waals surface area contributed by atoms with Gasteiger partial charge in [0.15, 0.2) is 0 Å². The Morgan fingerprint density at radius 3 is 2.33 bits per heavy atom. The third-order valence-corrected chi connectivity index (χ3v) is 1.99. The Bertz CT molecular complexity index is 471. The number of Topliss-reactive ketones (excluding diaryl/α,β-unsaturated/α-hetero) is 1. The monoisotopic (exact) mass is 250 g/mol. The van der Waals surface area contributed by atoms with Gasteiger partial charge in [0.25, 0.3) is 0 Å². The Labute approximate surface area is 104 Å². The summed E-state index contributed by atoms with van der Waals surface area (Å²) in [6.07, 6.45) is -0.767. The lowest BCUT2D eigenvalue weighted by Gasteiger charge is -2.07. The van der Waals surface area contributed by atoms with E-state index in [1.54, 1.807) is 24.3 Å². The number of carbonyl (C=O) groups excluding carboxylic acids is 3. The third kappa shape index (κ3) is 4.65. The molecular formula is C12H14N2O4. The molecule has 6 heteroatoms. The van der Waals surface area contributed by atoms with Crippen molar-refractivity contribution >= 4 is 29.2 Å². The van der Waals surface area contributed by atoms with Crippen molar-refractivity contribution < 1.29 is 19.1 Å². The molecule has 96 valence electrons. The van der Waals surface area contributed by atoms with E-state index in [2.05, 4.69) is 15.4 Å². The van der Waals surface area contributed by atoms with Gasteiger partial charge in [0.1, 0.15) is 5.78 Å². The van der Waals surface area contributed by atoms with Crippen LogP contribution in [0.3, 0.4) is 0 Å². The number of methoxy groups -OCH3 is 1. The molecule has 0 heterocycles. The van der Waals surface area contributed by atoms with Crippen molar-refractivity contribution in [3.8, 4) is 0 Å². The quantitative estimate of drug-likeness (QED) is 0.798. The van der Waals surface area contributed by atoms with Crippen LogP contribution in [0.4, 0.5) is 16.2 Å². The van der Waals surface area contributed by atoms with Crippen LogP contribution in [0.15, 0.2) is 24.3 Å². The molecule has 1 aromatic carbocycles. The highest BCUT2D eigenvalue weighted by Gasteiger charge is 2.06. The number of ether oxygens (including phenoxy) is 1. The van der Waals surface area contributed by atoms with Crippen molar-refractivity contribution in [3.05, 3.63) is 24.3 Å². The van der Waals surface area contributed by atoms with Crippen LogP contribution in [0.25, 0.3) is 0 Å². The van der Waals surface area contributed by atoms with Gasteiger partial charge in [-0.25, -0.2) is 4.79 Å². The van der Waals surface area contributed by atoms with Gasteiger partial charge in [-0.3, -0.25) is 14.9 Å². The second kappa shape index (κ2) is 6.39. The third-order valence-electron chi connectivity index (χ3n) is 1.99. The van der Waals surface area contributed by atoms with Gasteiger partial charge >= 0.3 is 6.09 Å². The number of carbonyl (C=O) groups is 3. The lowest BCUT2D eigenvalue weighted by atomic mass is 10.2. The van der Waals surface area contributed by atoms with Gasteiger partial charge in [-0.15, -0.1) is 0 Å². The first-order chi connectivity index (χ1) is 8.51. The summed E-state index contributed by atoms with van der Waals surface area (Å²) in [6, 6.07) is 6.53. The van der Waals surface area contributed by atoms with Gasteiger partial charge in [-0.2, -0.15) is 0 Å². The Morgan fingerprint density at radius 2 is 1.78 bits per heavy atom. The second-order valence-electron chi connectivity index (χ2n) is 3.62. The maximum Gasteiger partial charge on any atom is 0.411 e. The lowest BCUT2D eigenvalue weighted by Crippen LogP contribution is -2.15. The largest absolute Gasteiger partial charge is 0.453 e. The van der Waals surface area contributed by atoms with Gasteiger partial charge in [0.05, 0.1) is 13.5 Å². The van der Waals surface area contributed by atoms with Crippen LogP contribution in [-0.2, 0) is 14.3 Å². The van der Waals surface area contributed by atoms with Gasteiger partial charge in [0, 0.05) is 11.4 Å². The van der Waals surface area contributed by atoms with E-state index < -0.39 is 12.0 Å². The average Bonchev–Trinajstić information content (AvgIpc) is 2.28. The zero-order valence-electron chi connectivity index (χ0n) is 10.1. The minimum Gasteiger partial charge on any atom is -0.453 e. The summed E-state index contributed by atoms with van der Waals surface area (Å²) in [7, 11) is 1.26. The van der Waals surface area contributed by atoms with Crippen molar-refractivity contribution in [1.82, 2.24) is 0 Å². The van der Waals surface area contributed by atoms with Crippen LogP contribution in [0, 0.1) is 0 Å². The summed E-state index contributed by atoms with van der Waals surface area (Å²) in [5, 5.41) is 5.02. The summed E-state index contributed by atoms with van der Waals surface area (Å²) in [5.41, 5.74) is 0.984. The SMILES string of the molecule is COC(=O)Nc1cccc(NC(=O)CC(C)=O)c1. The van der Waals surface area contributed by atoms with Gasteiger partial charge < -0.3 is 10.1 Å². The van der Waals surface area contributed by atoms with Crippen LogP contribution in [0.2, 0.25) is 0 Å². The number of anilines is 2. The fourth-order valence-corrected chi connectivity index (χ4v) is 1.27. The predicted molar refractivity (Wildman–Crippen MR) is 66.4 cm³/mol. The van der Waals surface area contributed by atoms with E-state index in [4.69, 9.17) is 0 Å². The number of nitrogens with one attached hydrogen (secondary N) is 2. The molecule has 1 rings (SSSR count). The number of rotatable bonds is 4. The molecule has 0 fully saturated rings.